The quantitative estimate of drug-likeness (QED) is 0.476. The van der Waals surface area contributed by atoms with E-state index in [0.717, 1.165) is 12.0 Å². The molecule has 3 aromatic rings. The van der Waals surface area contributed by atoms with Gasteiger partial charge in [-0.05, 0) is 60.1 Å². The molecule has 0 atom stereocenters. The second-order valence-corrected chi connectivity index (χ2v) is 6.43. The summed E-state index contributed by atoms with van der Waals surface area (Å²) in [4.78, 5) is 0. The molecule has 0 aromatic heterocycles. The van der Waals surface area contributed by atoms with Crippen molar-refractivity contribution in [2.75, 3.05) is 0 Å². The number of hydrogen-bond donors (Lipinski definition) is 0. The fourth-order valence-corrected chi connectivity index (χ4v) is 3.08. The Labute approximate surface area is 150 Å². The lowest BCUT2D eigenvalue weighted by Crippen LogP contribution is -1.89. The average molecular weight is 325 g/mol. The van der Waals surface area contributed by atoms with Crippen LogP contribution in [0.5, 0.6) is 0 Å². The maximum absolute atomic E-state index is 8.87. The third-order valence-electron chi connectivity index (χ3n) is 4.57. The zero-order chi connectivity index (χ0) is 17.3. The van der Waals surface area contributed by atoms with Crippen LogP contribution in [-0.4, -0.2) is 0 Å². The topological polar surface area (TPSA) is 23.8 Å². The van der Waals surface area contributed by atoms with Crippen LogP contribution < -0.4 is 0 Å². The van der Waals surface area contributed by atoms with Crippen molar-refractivity contribution in [2.24, 2.45) is 0 Å². The molecule has 0 N–H and O–H groups in total. The molecule has 1 nitrogen and oxygen atoms in total. The zero-order valence-corrected chi connectivity index (χ0v) is 14.5. The normalized spacial score (nSPS) is 10.4. The Balaban J connectivity index is 1.45. The Morgan fingerprint density at radius 3 is 1.64 bits per heavy atom. The largest absolute Gasteiger partial charge is 0.192 e. The Morgan fingerprint density at radius 2 is 1.08 bits per heavy atom. The molecule has 0 aliphatic rings. The molecule has 0 aliphatic heterocycles. The molecule has 25 heavy (non-hydrogen) atoms. The van der Waals surface area contributed by atoms with E-state index in [1.807, 2.05) is 24.3 Å². The van der Waals surface area contributed by atoms with Crippen LogP contribution in [0.3, 0.4) is 0 Å². The van der Waals surface area contributed by atoms with Gasteiger partial charge in [0.15, 0.2) is 0 Å². The second kappa shape index (κ2) is 8.85. The van der Waals surface area contributed by atoms with E-state index >= 15 is 0 Å². The maximum Gasteiger partial charge on any atom is 0.0991 e. The van der Waals surface area contributed by atoms with Crippen LogP contribution in [-0.2, 0) is 12.8 Å². The molecule has 0 unspecified atom stereocenters. The number of benzene rings is 3. The molecule has 124 valence electrons. The van der Waals surface area contributed by atoms with E-state index in [0.29, 0.717) is 5.56 Å². The summed E-state index contributed by atoms with van der Waals surface area (Å²) in [6, 6.07) is 29.5. The standard InChI is InChI=1S/C24H23N/c25-19-22-13-17-24(18-14-22)23-15-11-21(12-16-23)10-6-2-5-9-20-7-3-1-4-8-20/h1,3-4,7-8,11-18H,2,5-6,9-10H2. The minimum absolute atomic E-state index is 0.705. The summed E-state index contributed by atoms with van der Waals surface area (Å²) in [5, 5.41) is 8.87. The number of nitriles is 1. The van der Waals surface area contributed by atoms with Crippen molar-refractivity contribution in [3.05, 3.63) is 95.6 Å². The Hall–Kier alpha value is -2.85. The molecule has 0 heterocycles. The fraction of sp³-hybridized carbons (Fsp3) is 0.208. The van der Waals surface area contributed by atoms with Crippen LogP contribution in [0, 0.1) is 11.3 Å². The predicted molar refractivity (Wildman–Crippen MR) is 104 cm³/mol. The molecular formula is C24H23N. The highest BCUT2D eigenvalue weighted by atomic mass is 14.2. The maximum atomic E-state index is 8.87. The van der Waals surface area contributed by atoms with Gasteiger partial charge in [0.2, 0.25) is 0 Å². The monoisotopic (exact) mass is 325 g/mol. The van der Waals surface area contributed by atoms with Crippen LogP contribution in [0.4, 0.5) is 0 Å². The molecule has 0 aliphatic carbocycles. The van der Waals surface area contributed by atoms with Crippen LogP contribution in [0.15, 0.2) is 78.9 Å². The molecule has 0 bridgehead atoms. The minimum atomic E-state index is 0.705. The molecule has 3 aromatic carbocycles. The summed E-state index contributed by atoms with van der Waals surface area (Å²) in [7, 11) is 0. The third kappa shape index (κ3) is 5.06. The van der Waals surface area contributed by atoms with Crippen molar-refractivity contribution in [1.29, 1.82) is 5.26 Å². The minimum Gasteiger partial charge on any atom is -0.192 e. The van der Waals surface area contributed by atoms with Gasteiger partial charge in [-0.15, -0.1) is 0 Å². The van der Waals surface area contributed by atoms with Crippen molar-refractivity contribution < 1.29 is 0 Å². The number of nitrogens with zero attached hydrogens (tertiary/aromatic N) is 1. The van der Waals surface area contributed by atoms with E-state index in [2.05, 4.69) is 60.7 Å². The SMILES string of the molecule is N#Cc1ccc(-c2ccc(CCCCCc3ccccc3)cc2)cc1. The molecule has 0 amide bonds. The number of hydrogen-bond acceptors (Lipinski definition) is 1. The lowest BCUT2D eigenvalue weighted by Gasteiger charge is -2.05. The van der Waals surface area contributed by atoms with E-state index in [-0.39, 0.29) is 0 Å². The first kappa shape index (κ1) is 17.0. The molecule has 0 spiro atoms. The molecule has 0 fully saturated rings. The van der Waals surface area contributed by atoms with E-state index in [4.69, 9.17) is 5.26 Å². The first-order chi connectivity index (χ1) is 12.3. The summed E-state index contributed by atoms with van der Waals surface area (Å²) in [5.74, 6) is 0. The van der Waals surface area contributed by atoms with Crippen molar-refractivity contribution in [3.8, 4) is 17.2 Å². The second-order valence-electron chi connectivity index (χ2n) is 6.43. The van der Waals surface area contributed by atoms with Gasteiger partial charge in [-0.1, -0.05) is 73.2 Å². The van der Waals surface area contributed by atoms with E-state index in [1.54, 1.807) is 0 Å². The average Bonchev–Trinajstić information content (AvgIpc) is 2.69. The Bertz CT molecular complexity index is 809. The molecule has 0 saturated heterocycles. The third-order valence-corrected chi connectivity index (χ3v) is 4.57. The Kier molecular flexibility index (Phi) is 6.01. The number of aryl methyl sites for hydroxylation is 2. The predicted octanol–water partition coefficient (Wildman–Crippen LogP) is 6.18. The molecule has 0 saturated carbocycles. The number of rotatable bonds is 7. The van der Waals surface area contributed by atoms with Gasteiger partial charge in [0.05, 0.1) is 11.6 Å². The van der Waals surface area contributed by atoms with Crippen LogP contribution in [0.25, 0.3) is 11.1 Å². The fourth-order valence-electron chi connectivity index (χ4n) is 3.08. The lowest BCUT2D eigenvalue weighted by atomic mass is 10.00. The van der Waals surface area contributed by atoms with Gasteiger partial charge < -0.3 is 0 Å². The van der Waals surface area contributed by atoms with Gasteiger partial charge in [0, 0.05) is 0 Å². The zero-order valence-electron chi connectivity index (χ0n) is 14.5. The summed E-state index contributed by atoms with van der Waals surface area (Å²) in [5.41, 5.74) is 5.91. The van der Waals surface area contributed by atoms with E-state index in [1.165, 1.54) is 42.4 Å². The summed E-state index contributed by atoms with van der Waals surface area (Å²) in [6.07, 6.45) is 6.09. The number of unbranched alkanes of at least 4 members (excludes halogenated alkanes) is 2. The highest BCUT2D eigenvalue weighted by molar-refractivity contribution is 5.64. The molecule has 0 radical (unpaired) electrons. The molecule has 1 heteroatoms. The summed E-state index contributed by atoms with van der Waals surface area (Å²) >= 11 is 0. The van der Waals surface area contributed by atoms with Gasteiger partial charge in [0.25, 0.3) is 0 Å². The van der Waals surface area contributed by atoms with Crippen molar-refractivity contribution >= 4 is 0 Å². The summed E-state index contributed by atoms with van der Waals surface area (Å²) in [6.45, 7) is 0. The van der Waals surface area contributed by atoms with Crippen molar-refractivity contribution in [2.45, 2.75) is 32.1 Å². The lowest BCUT2D eigenvalue weighted by molar-refractivity contribution is 0.678. The van der Waals surface area contributed by atoms with Gasteiger partial charge in [-0.2, -0.15) is 5.26 Å². The highest BCUT2D eigenvalue weighted by Gasteiger charge is 2.00. The first-order valence-corrected chi connectivity index (χ1v) is 8.98. The smallest absolute Gasteiger partial charge is 0.0991 e. The van der Waals surface area contributed by atoms with E-state index in [9.17, 15) is 0 Å². The Morgan fingerprint density at radius 1 is 0.560 bits per heavy atom. The van der Waals surface area contributed by atoms with Crippen LogP contribution in [0.2, 0.25) is 0 Å². The first-order valence-electron chi connectivity index (χ1n) is 8.98. The van der Waals surface area contributed by atoms with Crippen molar-refractivity contribution in [3.63, 3.8) is 0 Å². The van der Waals surface area contributed by atoms with E-state index < -0.39 is 0 Å². The molecular weight excluding hydrogens is 302 g/mol. The van der Waals surface area contributed by atoms with Gasteiger partial charge in [-0.3, -0.25) is 0 Å². The summed E-state index contributed by atoms with van der Waals surface area (Å²) < 4.78 is 0. The molecule has 3 rings (SSSR count). The van der Waals surface area contributed by atoms with Crippen LogP contribution in [0.1, 0.15) is 36.0 Å². The van der Waals surface area contributed by atoms with Gasteiger partial charge >= 0.3 is 0 Å². The van der Waals surface area contributed by atoms with Gasteiger partial charge in [0.1, 0.15) is 0 Å². The van der Waals surface area contributed by atoms with Crippen molar-refractivity contribution in [1.82, 2.24) is 0 Å². The van der Waals surface area contributed by atoms with Gasteiger partial charge in [-0.25, -0.2) is 0 Å². The van der Waals surface area contributed by atoms with Crippen LogP contribution >= 0.6 is 0 Å². The highest BCUT2D eigenvalue weighted by Crippen LogP contribution is 2.21.